The number of hydrogen-bond acceptors (Lipinski definition) is 5. The van der Waals surface area contributed by atoms with Crippen molar-refractivity contribution in [1.82, 2.24) is 5.43 Å². The molecular formula is C23H18Br2FN3O3. The van der Waals surface area contributed by atoms with Gasteiger partial charge in [0.25, 0.3) is 5.91 Å². The van der Waals surface area contributed by atoms with Crippen molar-refractivity contribution in [3.05, 3.63) is 92.1 Å². The van der Waals surface area contributed by atoms with Gasteiger partial charge in [-0.3, -0.25) is 4.79 Å². The Morgan fingerprint density at radius 3 is 2.62 bits per heavy atom. The quantitative estimate of drug-likeness (QED) is 0.174. The van der Waals surface area contributed by atoms with E-state index in [4.69, 9.17) is 4.74 Å². The SMILES string of the molecule is Cc1ccccc1NCC(=O)N/N=C\c1cc(Br)cc(Br)c1OC(=O)c1cccc(F)c1. The molecule has 32 heavy (non-hydrogen) atoms. The van der Waals surface area contributed by atoms with E-state index in [0.717, 1.165) is 17.3 Å². The molecule has 0 aliphatic carbocycles. The number of hydrogen-bond donors (Lipinski definition) is 2. The fraction of sp³-hybridized carbons (Fsp3) is 0.0870. The van der Waals surface area contributed by atoms with Crippen LogP contribution in [0.2, 0.25) is 0 Å². The number of aryl methyl sites for hydroxylation is 1. The number of rotatable bonds is 7. The standard InChI is InChI=1S/C23H18Br2FN3O3/c1-14-5-2-3-8-20(14)27-13-21(30)29-28-12-16-9-17(24)11-19(25)22(16)32-23(31)15-6-4-7-18(26)10-15/h2-12,27H,13H2,1H3,(H,29,30)/b28-12-. The highest BCUT2D eigenvalue weighted by molar-refractivity contribution is 9.11. The highest BCUT2D eigenvalue weighted by Crippen LogP contribution is 2.32. The molecule has 0 saturated heterocycles. The van der Waals surface area contributed by atoms with E-state index in [1.165, 1.54) is 24.4 Å². The van der Waals surface area contributed by atoms with Crippen molar-refractivity contribution in [3.63, 3.8) is 0 Å². The van der Waals surface area contributed by atoms with Crippen molar-refractivity contribution < 1.29 is 18.7 Å². The zero-order valence-corrected chi connectivity index (χ0v) is 20.0. The van der Waals surface area contributed by atoms with Gasteiger partial charge >= 0.3 is 5.97 Å². The number of carbonyl (C=O) groups excluding carboxylic acids is 2. The number of anilines is 1. The first kappa shape index (κ1) is 23.6. The molecule has 0 atom stereocenters. The van der Waals surface area contributed by atoms with Crippen LogP contribution in [0.15, 0.2) is 74.7 Å². The lowest BCUT2D eigenvalue weighted by Crippen LogP contribution is -2.26. The van der Waals surface area contributed by atoms with Gasteiger partial charge in [0, 0.05) is 15.7 Å². The van der Waals surface area contributed by atoms with Crippen LogP contribution in [0.4, 0.5) is 10.1 Å². The molecule has 0 heterocycles. The molecule has 0 fully saturated rings. The Balaban J connectivity index is 1.69. The maximum atomic E-state index is 13.4. The monoisotopic (exact) mass is 561 g/mol. The number of esters is 1. The number of nitrogens with one attached hydrogen (secondary N) is 2. The molecule has 0 saturated carbocycles. The summed E-state index contributed by atoms with van der Waals surface area (Å²) in [6.07, 6.45) is 1.36. The third kappa shape index (κ3) is 6.48. The van der Waals surface area contributed by atoms with Crippen LogP contribution in [-0.4, -0.2) is 24.6 Å². The van der Waals surface area contributed by atoms with Gasteiger partial charge in [-0.15, -0.1) is 0 Å². The lowest BCUT2D eigenvalue weighted by Gasteiger charge is -2.11. The van der Waals surface area contributed by atoms with Crippen molar-refractivity contribution in [1.29, 1.82) is 0 Å². The van der Waals surface area contributed by atoms with Gasteiger partial charge in [0.1, 0.15) is 5.82 Å². The summed E-state index contributed by atoms with van der Waals surface area (Å²) in [7, 11) is 0. The van der Waals surface area contributed by atoms with Crippen molar-refractivity contribution in [2.24, 2.45) is 5.10 Å². The molecule has 0 aliphatic rings. The summed E-state index contributed by atoms with van der Waals surface area (Å²) in [6.45, 7) is 1.97. The van der Waals surface area contributed by atoms with Gasteiger partial charge in [0.15, 0.2) is 5.75 Å². The molecule has 164 valence electrons. The van der Waals surface area contributed by atoms with Crippen molar-refractivity contribution in [2.75, 3.05) is 11.9 Å². The fourth-order valence-corrected chi connectivity index (χ4v) is 4.05. The van der Waals surface area contributed by atoms with Gasteiger partial charge in [0.05, 0.1) is 22.8 Å². The largest absolute Gasteiger partial charge is 0.421 e. The van der Waals surface area contributed by atoms with E-state index in [-0.39, 0.29) is 23.8 Å². The average Bonchev–Trinajstić information content (AvgIpc) is 2.75. The predicted molar refractivity (Wildman–Crippen MR) is 129 cm³/mol. The second kappa shape index (κ2) is 11.0. The molecule has 0 radical (unpaired) electrons. The van der Waals surface area contributed by atoms with Crippen LogP contribution >= 0.6 is 31.9 Å². The van der Waals surface area contributed by atoms with Crippen LogP contribution in [0.3, 0.4) is 0 Å². The topological polar surface area (TPSA) is 79.8 Å². The fourth-order valence-electron chi connectivity index (χ4n) is 2.71. The minimum atomic E-state index is -0.728. The van der Waals surface area contributed by atoms with Crippen molar-refractivity contribution in [2.45, 2.75) is 6.92 Å². The van der Waals surface area contributed by atoms with Crippen LogP contribution in [0.5, 0.6) is 5.75 Å². The van der Waals surface area contributed by atoms with Crippen LogP contribution in [0, 0.1) is 12.7 Å². The Labute approximate surface area is 201 Å². The first-order valence-electron chi connectivity index (χ1n) is 9.41. The van der Waals surface area contributed by atoms with E-state index < -0.39 is 11.8 Å². The number of carbonyl (C=O) groups is 2. The molecule has 0 bridgehead atoms. The number of ether oxygens (including phenoxy) is 1. The van der Waals surface area contributed by atoms with E-state index in [2.05, 4.69) is 47.7 Å². The molecule has 1 amide bonds. The number of nitrogens with zero attached hydrogens (tertiary/aromatic N) is 1. The van der Waals surface area contributed by atoms with Gasteiger partial charge in [-0.05, 0) is 64.8 Å². The first-order chi connectivity index (χ1) is 15.3. The van der Waals surface area contributed by atoms with Crippen molar-refractivity contribution in [3.8, 4) is 5.75 Å². The molecule has 0 aliphatic heterocycles. The van der Waals surface area contributed by atoms with Gasteiger partial charge in [-0.2, -0.15) is 5.10 Å². The molecule has 6 nitrogen and oxygen atoms in total. The lowest BCUT2D eigenvalue weighted by atomic mass is 10.2. The summed E-state index contributed by atoms with van der Waals surface area (Å²) >= 11 is 6.72. The van der Waals surface area contributed by atoms with E-state index in [1.807, 2.05) is 31.2 Å². The minimum Gasteiger partial charge on any atom is -0.421 e. The summed E-state index contributed by atoms with van der Waals surface area (Å²) in [6, 6.07) is 16.2. The maximum Gasteiger partial charge on any atom is 0.343 e. The molecule has 3 aromatic carbocycles. The van der Waals surface area contributed by atoms with Crippen LogP contribution < -0.4 is 15.5 Å². The Hall–Kier alpha value is -3.04. The van der Waals surface area contributed by atoms with E-state index in [9.17, 15) is 14.0 Å². The molecule has 3 aromatic rings. The Bertz CT molecular complexity index is 1180. The Morgan fingerprint density at radius 1 is 1.09 bits per heavy atom. The summed E-state index contributed by atoms with van der Waals surface area (Å²) in [4.78, 5) is 24.5. The molecule has 0 spiro atoms. The number of para-hydroxylation sites is 1. The smallest absolute Gasteiger partial charge is 0.343 e. The molecule has 2 N–H and O–H groups in total. The summed E-state index contributed by atoms with van der Waals surface area (Å²) in [5.74, 6) is -1.44. The normalized spacial score (nSPS) is 10.8. The Kier molecular flexibility index (Phi) is 8.13. The number of amides is 1. The van der Waals surface area contributed by atoms with Crippen LogP contribution in [-0.2, 0) is 4.79 Å². The molecular weight excluding hydrogens is 545 g/mol. The number of benzene rings is 3. The van der Waals surface area contributed by atoms with E-state index in [0.29, 0.717) is 14.5 Å². The maximum absolute atomic E-state index is 13.4. The third-order valence-electron chi connectivity index (χ3n) is 4.27. The summed E-state index contributed by atoms with van der Waals surface area (Å²) in [5, 5.41) is 6.99. The number of halogens is 3. The zero-order chi connectivity index (χ0) is 23.1. The zero-order valence-electron chi connectivity index (χ0n) is 16.9. The van der Waals surface area contributed by atoms with Gasteiger partial charge < -0.3 is 10.1 Å². The Morgan fingerprint density at radius 2 is 1.88 bits per heavy atom. The summed E-state index contributed by atoms with van der Waals surface area (Å²) < 4.78 is 20.1. The van der Waals surface area contributed by atoms with Gasteiger partial charge in [-0.25, -0.2) is 14.6 Å². The highest BCUT2D eigenvalue weighted by Gasteiger charge is 2.16. The second-order valence-electron chi connectivity index (χ2n) is 6.67. The van der Waals surface area contributed by atoms with Crippen LogP contribution in [0.1, 0.15) is 21.5 Å². The average molecular weight is 563 g/mol. The third-order valence-corrected chi connectivity index (χ3v) is 5.32. The minimum absolute atomic E-state index is 0.0335. The first-order valence-corrected chi connectivity index (χ1v) is 11.0. The van der Waals surface area contributed by atoms with Crippen molar-refractivity contribution >= 4 is 55.6 Å². The lowest BCUT2D eigenvalue weighted by molar-refractivity contribution is -0.119. The van der Waals surface area contributed by atoms with E-state index >= 15 is 0 Å². The molecule has 3 rings (SSSR count). The second-order valence-corrected chi connectivity index (χ2v) is 8.44. The van der Waals surface area contributed by atoms with E-state index in [1.54, 1.807) is 12.1 Å². The number of hydrazone groups is 1. The van der Waals surface area contributed by atoms with Gasteiger partial charge in [-0.1, -0.05) is 40.2 Å². The molecule has 0 aromatic heterocycles. The summed E-state index contributed by atoms with van der Waals surface area (Å²) in [5.41, 5.74) is 4.79. The molecule has 0 unspecified atom stereocenters. The molecule has 9 heteroatoms. The predicted octanol–water partition coefficient (Wildman–Crippen LogP) is 5.44. The van der Waals surface area contributed by atoms with Gasteiger partial charge in [0.2, 0.25) is 0 Å². The van der Waals surface area contributed by atoms with Crippen LogP contribution in [0.25, 0.3) is 0 Å². The highest BCUT2D eigenvalue weighted by atomic mass is 79.9.